The zero-order valence-electron chi connectivity index (χ0n) is 17.5. The van der Waals surface area contributed by atoms with E-state index in [2.05, 4.69) is 9.71 Å². The van der Waals surface area contributed by atoms with Gasteiger partial charge in [-0.3, -0.25) is 4.79 Å². The molecular formula is C21H24N4O5S2. The van der Waals surface area contributed by atoms with Crippen LogP contribution in [0.25, 0.3) is 0 Å². The van der Waals surface area contributed by atoms with Gasteiger partial charge in [0.2, 0.25) is 10.0 Å². The minimum Gasteiger partial charge on any atom is -0.346 e. The molecule has 0 saturated carbocycles. The predicted molar refractivity (Wildman–Crippen MR) is 121 cm³/mol. The number of carbonyl (C=O) groups excluding carboxylic acids is 1. The van der Waals surface area contributed by atoms with Crippen molar-refractivity contribution in [3.05, 3.63) is 53.6 Å². The van der Waals surface area contributed by atoms with Crippen molar-refractivity contribution in [3.63, 3.8) is 0 Å². The largest absolute Gasteiger partial charge is 0.346 e. The molecule has 1 amide bonds. The van der Waals surface area contributed by atoms with Crippen LogP contribution in [0.4, 0.5) is 5.69 Å². The first-order valence-corrected chi connectivity index (χ1v) is 13.2. The van der Waals surface area contributed by atoms with Crippen LogP contribution in [0.3, 0.4) is 0 Å². The smallest absolute Gasteiger partial charge is 0.286 e. The van der Waals surface area contributed by atoms with Crippen molar-refractivity contribution in [2.24, 2.45) is 9.54 Å². The predicted octanol–water partition coefficient (Wildman–Crippen LogP) is 2.31. The van der Waals surface area contributed by atoms with Gasteiger partial charge in [0.1, 0.15) is 10.7 Å². The molecule has 9 nitrogen and oxygen atoms in total. The molecule has 1 atom stereocenters. The number of nitrogens with two attached hydrogens (primary N) is 1. The molecule has 2 aromatic carbocycles. The summed E-state index contributed by atoms with van der Waals surface area (Å²) >= 11 is 0. The first-order valence-electron chi connectivity index (χ1n) is 10.3. The Labute approximate surface area is 187 Å². The van der Waals surface area contributed by atoms with Gasteiger partial charge in [-0.15, -0.1) is 4.40 Å². The molecule has 0 radical (unpaired) electrons. The van der Waals surface area contributed by atoms with Gasteiger partial charge in [0.25, 0.3) is 15.9 Å². The molecule has 0 unspecified atom stereocenters. The van der Waals surface area contributed by atoms with Crippen LogP contribution in [0.15, 0.2) is 56.7 Å². The van der Waals surface area contributed by atoms with Crippen LogP contribution in [0, 0.1) is 0 Å². The molecular weight excluding hydrogens is 452 g/mol. The molecule has 1 fully saturated rings. The highest BCUT2D eigenvalue weighted by molar-refractivity contribution is 7.90. The Balaban J connectivity index is 1.57. The van der Waals surface area contributed by atoms with Gasteiger partial charge >= 0.3 is 0 Å². The maximum absolute atomic E-state index is 12.8. The summed E-state index contributed by atoms with van der Waals surface area (Å²) in [5.74, 6) is 0.112. The number of nitrogens with one attached hydrogen (secondary N) is 1. The van der Waals surface area contributed by atoms with Crippen LogP contribution in [-0.4, -0.2) is 35.1 Å². The van der Waals surface area contributed by atoms with E-state index in [0.717, 1.165) is 19.3 Å². The van der Waals surface area contributed by atoms with Crippen molar-refractivity contribution < 1.29 is 21.6 Å². The standard InChI is InChI=1S/C21H24N4O5S2/c1-14(15-6-9-17(10-7-15)31(22,27)28)23-21(26)16-8-11-18-19(13-16)32(29,30)24-20-5-3-2-4-12-25(18)20/h6-11,13-14H,2-5,12H2,1H3,(H,23,26)(H2,22,27,28)/t14-/m1/s1. The topological polar surface area (TPSA) is 139 Å². The molecule has 2 heterocycles. The summed E-state index contributed by atoms with van der Waals surface area (Å²) in [5, 5.41) is 7.91. The van der Waals surface area contributed by atoms with E-state index in [1.54, 1.807) is 31.2 Å². The maximum Gasteiger partial charge on any atom is 0.286 e. The van der Waals surface area contributed by atoms with Gasteiger partial charge in [0, 0.05) is 18.5 Å². The zero-order chi connectivity index (χ0) is 23.1. The molecule has 2 aromatic rings. The van der Waals surface area contributed by atoms with Gasteiger partial charge in [-0.25, -0.2) is 13.6 Å². The second-order valence-corrected chi connectivity index (χ2v) is 11.1. The second kappa shape index (κ2) is 8.30. The number of fused-ring (bicyclic) bond motifs is 3. The second-order valence-electron chi connectivity index (χ2n) is 7.94. The SMILES string of the molecule is C[C@@H](NC(=O)c1ccc2c(c1)S(=O)(=O)N=C1CCCCCN12)c1ccc(S(N)(=O)=O)cc1. The lowest BCUT2D eigenvalue weighted by atomic mass is 10.1. The fraction of sp³-hybridized carbons (Fsp3) is 0.333. The molecule has 1 saturated heterocycles. The number of nitrogens with zero attached hydrogens (tertiary/aromatic N) is 2. The van der Waals surface area contributed by atoms with E-state index < -0.39 is 32.0 Å². The molecule has 0 aromatic heterocycles. The van der Waals surface area contributed by atoms with Gasteiger partial charge in [-0.05, 0) is 55.7 Å². The van der Waals surface area contributed by atoms with Crippen LogP contribution in [-0.2, 0) is 20.0 Å². The monoisotopic (exact) mass is 476 g/mol. The molecule has 2 aliphatic rings. The van der Waals surface area contributed by atoms with E-state index in [1.807, 2.05) is 4.90 Å². The molecule has 0 bridgehead atoms. The molecule has 2 aliphatic heterocycles. The van der Waals surface area contributed by atoms with E-state index in [0.29, 0.717) is 30.1 Å². The Hall–Kier alpha value is -2.76. The Morgan fingerprint density at radius 3 is 2.53 bits per heavy atom. The number of amidine groups is 1. The van der Waals surface area contributed by atoms with Crippen molar-refractivity contribution in [1.29, 1.82) is 0 Å². The van der Waals surface area contributed by atoms with Crippen LogP contribution in [0.2, 0.25) is 0 Å². The summed E-state index contributed by atoms with van der Waals surface area (Å²) in [5.41, 5.74) is 1.43. The highest BCUT2D eigenvalue weighted by atomic mass is 32.2. The number of carbonyl (C=O) groups is 1. The molecule has 3 N–H and O–H groups in total. The van der Waals surface area contributed by atoms with Crippen molar-refractivity contribution >= 4 is 37.5 Å². The van der Waals surface area contributed by atoms with Crippen molar-refractivity contribution in [2.45, 2.75) is 48.4 Å². The highest BCUT2D eigenvalue weighted by Crippen LogP contribution is 2.35. The molecule has 0 spiro atoms. The summed E-state index contributed by atoms with van der Waals surface area (Å²) in [4.78, 5) is 14.8. The number of primary sulfonamides is 1. The van der Waals surface area contributed by atoms with Gasteiger partial charge in [-0.1, -0.05) is 18.6 Å². The normalized spacial score (nSPS) is 18.6. The minimum atomic E-state index is -3.89. The Morgan fingerprint density at radius 1 is 1.12 bits per heavy atom. The Kier molecular flexibility index (Phi) is 5.82. The zero-order valence-corrected chi connectivity index (χ0v) is 19.1. The third-order valence-electron chi connectivity index (χ3n) is 5.67. The highest BCUT2D eigenvalue weighted by Gasteiger charge is 2.32. The first-order chi connectivity index (χ1) is 15.1. The number of hydrogen-bond acceptors (Lipinski definition) is 6. The van der Waals surface area contributed by atoms with Crippen molar-refractivity contribution in [1.82, 2.24) is 5.32 Å². The summed E-state index contributed by atoms with van der Waals surface area (Å²) in [6, 6.07) is 10.1. The first kappa shape index (κ1) is 22.4. The van der Waals surface area contributed by atoms with Gasteiger partial charge in [0.05, 0.1) is 16.6 Å². The molecule has 0 aliphatic carbocycles. The average Bonchev–Trinajstić information content (AvgIpc) is 2.97. The summed E-state index contributed by atoms with van der Waals surface area (Å²) in [6.07, 6.45) is 3.48. The number of amides is 1. The molecule has 32 heavy (non-hydrogen) atoms. The van der Waals surface area contributed by atoms with E-state index in [1.165, 1.54) is 18.2 Å². The summed E-state index contributed by atoms with van der Waals surface area (Å²) in [7, 11) is -7.69. The number of benzene rings is 2. The maximum atomic E-state index is 12.8. The lowest BCUT2D eigenvalue weighted by molar-refractivity contribution is 0.0939. The fourth-order valence-corrected chi connectivity index (χ4v) is 5.73. The summed E-state index contributed by atoms with van der Waals surface area (Å²) in [6.45, 7) is 2.44. The van der Waals surface area contributed by atoms with Crippen LogP contribution in [0.5, 0.6) is 0 Å². The lowest BCUT2D eigenvalue weighted by Gasteiger charge is -2.29. The third kappa shape index (κ3) is 4.41. The molecule has 170 valence electrons. The quantitative estimate of drug-likeness (QED) is 0.694. The van der Waals surface area contributed by atoms with Crippen LogP contribution in [0.1, 0.15) is 54.6 Å². The van der Waals surface area contributed by atoms with E-state index in [9.17, 15) is 21.6 Å². The minimum absolute atomic E-state index is 0.0203. The third-order valence-corrected chi connectivity index (χ3v) is 7.93. The van der Waals surface area contributed by atoms with E-state index >= 15 is 0 Å². The Bertz CT molecular complexity index is 1300. The average molecular weight is 477 g/mol. The van der Waals surface area contributed by atoms with E-state index in [4.69, 9.17) is 5.14 Å². The van der Waals surface area contributed by atoms with Gasteiger partial charge in [0.15, 0.2) is 0 Å². The lowest BCUT2D eigenvalue weighted by Crippen LogP contribution is -2.35. The van der Waals surface area contributed by atoms with Crippen molar-refractivity contribution in [3.8, 4) is 0 Å². The number of sulfonamides is 2. The number of anilines is 1. The van der Waals surface area contributed by atoms with Crippen LogP contribution < -0.4 is 15.4 Å². The van der Waals surface area contributed by atoms with Gasteiger partial charge in [-0.2, -0.15) is 8.42 Å². The summed E-state index contributed by atoms with van der Waals surface area (Å²) < 4.78 is 52.3. The number of rotatable bonds is 4. The van der Waals surface area contributed by atoms with E-state index in [-0.39, 0.29) is 15.4 Å². The Morgan fingerprint density at radius 2 is 1.84 bits per heavy atom. The van der Waals surface area contributed by atoms with Gasteiger partial charge < -0.3 is 10.2 Å². The number of hydrogen-bond donors (Lipinski definition) is 2. The molecule has 11 heteroatoms. The van der Waals surface area contributed by atoms with Crippen LogP contribution >= 0.6 is 0 Å². The molecule has 4 rings (SSSR count). The fourth-order valence-electron chi connectivity index (χ4n) is 3.93. The van der Waals surface area contributed by atoms with Crippen molar-refractivity contribution in [2.75, 3.05) is 11.4 Å².